The van der Waals surface area contributed by atoms with Crippen LogP contribution in [0.1, 0.15) is 26.7 Å². The molecule has 0 radical (unpaired) electrons. The quantitative estimate of drug-likeness (QED) is 0.248. The number of hydrogen-bond donors (Lipinski definition) is 2. The Morgan fingerprint density at radius 1 is 1.12 bits per heavy atom. The molecule has 1 aromatic carbocycles. The lowest BCUT2D eigenvalue weighted by Crippen LogP contribution is -2.33. The van der Waals surface area contributed by atoms with Crippen molar-refractivity contribution in [3.8, 4) is 17.2 Å². The number of rotatable bonds is 10. The molecule has 0 spiro atoms. The summed E-state index contributed by atoms with van der Waals surface area (Å²) in [5, 5.41) is 3.11. The lowest BCUT2D eigenvalue weighted by atomic mass is 10.1. The van der Waals surface area contributed by atoms with Crippen molar-refractivity contribution < 1.29 is 14.2 Å². The molecule has 0 unspecified atom stereocenters. The van der Waals surface area contributed by atoms with Crippen LogP contribution in [0.5, 0.6) is 17.2 Å². The Balaban J connectivity index is 0.00000529. The van der Waals surface area contributed by atoms with Crippen LogP contribution in [0, 0.1) is 5.92 Å². The van der Waals surface area contributed by atoms with Gasteiger partial charge in [0, 0.05) is 37.7 Å². The van der Waals surface area contributed by atoms with Gasteiger partial charge in [-0.25, -0.2) is 0 Å². The molecule has 0 fully saturated rings. The van der Waals surface area contributed by atoms with Crippen molar-refractivity contribution >= 4 is 29.9 Å². The molecule has 6 nitrogen and oxygen atoms in total. The van der Waals surface area contributed by atoms with E-state index in [1.165, 1.54) is 0 Å². The maximum atomic E-state index is 5.79. The van der Waals surface area contributed by atoms with Crippen LogP contribution in [-0.4, -0.2) is 39.9 Å². The number of halogens is 1. The molecule has 138 valence electrons. The van der Waals surface area contributed by atoms with Crippen LogP contribution in [0.2, 0.25) is 0 Å². The van der Waals surface area contributed by atoms with Gasteiger partial charge in [0.25, 0.3) is 0 Å². The van der Waals surface area contributed by atoms with Crippen LogP contribution in [-0.2, 0) is 0 Å². The lowest BCUT2D eigenvalue weighted by molar-refractivity contribution is 0.307. The molecular formula is C17H30IN3O3. The van der Waals surface area contributed by atoms with Crippen LogP contribution < -0.4 is 25.3 Å². The van der Waals surface area contributed by atoms with Gasteiger partial charge in [-0.3, -0.25) is 4.99 Å². The number of aliphatic imine (C=N–C) groups is 1. The van der Waals surface area contributed by atoms with Crippen molar-refractivity contribution in [2.24, 2.45) is 16.6 Å². The highest BCUT2D eigenvalue weighted by Crippen LogP contribution is 2.27. The van der Waals surface area contributed by atoms with Crippen molar-refractivity contribution in [2.75, 3.05) is 33.9 Å². The zero-order valence-electron chi connectivity index (χ0n) is 15.0. The molecule has 0 aliphatic carbocycles. The first-order valence-electron chi connectivity index (χ1n) is 7.94. The van der Waals surface area contributed by atoms with E-state index >= 15 is 0 Å². The van der Waals surface area contributed by atoms with E-state index < -0.39 is 0 Å². The Morgan fingerprint density at radius 2 is 1.71 bits per heavy atom. The summed E-state index contributed by atoms with van der Waals surface area (Å²) in [6.45, 7) is 6.40. The standard InChI is InChI=1S/C17H29N3O3.HI/c1-13(2)6-8-20-17(18)19-7-5-9-23-16-11-14(21-3)10-15(12-16)22-4;/h10-13H,5-9H2,1-4H3,(H3,18,19,20);1H. The van der Waals surface area contributed by atoms with Gasteiger partial charge in [-0.1, -0.05) is 13.8 Å². The predicted octanol–water partition coefficient (Wildman–Crippen LogP) is 3.04. The van der Waals surface area contributed by atoms with E-state index in [-0.39, 0.29) is 24.0 Å². The summed E-state index contributed by atoms with van der Waals surface area (Å²) in [4.78, 5) is 4.27. The lowest BCUT2D eigenvalue weighted by Gasteiger charge is -2.10. The SMILES string of the molecule is COc1cc(OC)cc(OCCCN=C(N)NCCC(C)C)c1.I. The molecule has 0 aliphatic rings. The van der Waals surface area contributed by atoms with Gasteiger partial charge >= 0.3 is 0 Å². The molecule has 0 amide bonds. The van der Waals surface area contributed by atoms with E-state index in [1.54, 1.807) is 20.3 Å². The Kier molecular flexibility index (Phi) is 12.2. The molecule has 7 heteroatoms. The van der Waals surface area contributed by atoms with Gasteiger partial charge in [0.05, 0.1) is 20.8 Å². The van der Waals surface area contributed by atoms with Crippen LogP contribution >= 0.6 is 24.0 Å². The summed E-state index contributed by atoms with van der Waals surface area (Å²) in [7, 11) is 3.23. The van der Waals surface area contributed by atoms with Crippen LogP contribution in [0.25, 0.3) is 0 Å². The molecule has 0 saturated carbocycles. The Morgan fingerprint density at radius 3 is 2.25 bits per heavy atom. The first-order chi connectivity index (χ1) is 11.0. The minimum Gasteiger partial charge on any atom is -0.496 e. The minimum atomic E-state index is 0. The highest BCUT2D eigenvalue weighted by atomic mass is 127. The molecule has 0 heterocycles. The van der Waals surface area contributed by atoms with Gasteiger partial charge in [0.2, 0.25) is 0 Å². The second kappa shape index (κ2) is 13.0. The first-order valence-corrected chi connectivity index (χ1v) is 7.94. The fourth-order valence-electron chi connectivity index (χ4n) is 1.86. The molecular weight excluding hydrogens is 421 g/mol. The monoisotopic (exact) mass is 451 g/mol. The fraction of sp³-hybridized carbons (Fsp3) is 0.588. The summed E-state index contributed by atoms with van der Waals surface area (Å²) in [6, 6.07) is 5.46. The van der Waals surface area contributed by atoms with Crippen molar-refractivity contribution in [3.05, 3.63) is 18.2 Å². The first kappa shape index (κ1) is 22.6. The molecule has 1 rings (SSSR count). The van der Waals surface area contributed by atoms with E-state index in [2.05, 4.69) is 24.2 Å². The van der Waals surface area contributed by atoms with E-state index in [0.717, 1.165) is 19.4 Å². The number of guanidine groups is 1. The number of nitrogens with zero attached hydrogens (tertiary/aromatic N) is 1. The highest BCUT2D eigenvalue weighted by Gasteiger charge is 2.02. The molecule has 0 atom stereocenters. The highest BCUT2D eigenvalue weighted by molar-refractivity contribution is 14.0. The maximum Gasteiger partial charge on any atom is 0.188 e. The smallest absolute Gasteiger partial charge is 0.188 e. The molecule has 3 N–H and O–H groups in total. The predicted molar refractivity (Wildman–Crippen MR) is 109 cm³/mol. The number of nitrogens with two attached hydrogens (primary N) is 1. The second-order valence-corrected chi connectivity index (χ2v) is 5.63. The van der Waals surface area contributed by atoms with Gasteiger partial charge in [0.1, 0.15) is 17.2 Å². The van der Waals surface area contributed by atoms with Crippen molar-refractivity contribution in [3.63, 3.8) is 0 Å². The summed E-state index contributed by atoms with van der Waals surface area (Å²) >= 11 is 0. The third-order valence-corrected chi connectivity index (χ3v) is 3.21. The van der Waals surface area contributed by atoms with E-state index in [1.807, 2.05) is 12.1 Å². The van der Waals surface area contributed by atoms with Crippen molar-refractivity contribution in [2.45, 2.75) is 26.7 Å². The zero-order valence-corrected chi connectivity index (χ0v) is 17.3. The fourth-order valence-corrected chi connectivity index (χ4v) is 1.86. The second-order valence-electron chi connectivity index (χ2n) is 5.63. The summed E-state index contributed by atoms with van der Waals surface area (Å²) in [6.07, 6.45) is 1.86. The van der Waals surface area contributed by atoms with E-state index in [0.29, 0.717) is 42.3 Å². The average molecular weight is 451 g/mol. The third-order valence-electron chi connectivity index (χ3n) is 3.21. The summed E-state index contributed by atoms with van der Waals surface area (Å²) in [5.41, 5.74) is 5.79. The van der Waals surface area contributed by atoms with Gasteiger partial charge in [-0.2, -0.15) is 0 Å². The van der Waals surface area contributed by atoms with Crippen molar-refractivity contribution in [1.29, 1.82) is 0 Å². The minimum absolute atomic E-state index is 0. The van der Waals surface area contributed by atoms with Crippen molar-refractivity contribution in [1.82, 2.24) is 5.32 Å². The third kappa shape index (κ3) is 9.69. The maximum absolute atomic E-state index is 5.79. The van der Waals surface area contributed by atoms with E-state index in [9.17, 15) is 0 Å². The largest absolute Gasteiger partial charge is 0.496 e. The normalized spacial score (nSPS) is 11.0. The number of benzene rings is 1. The van der Waals surface area contributed by atoms with Gasteiger partial charge < -0.3 is 25.3 Å². The number of ether oxygens (including phenoxy) is 3. The molecule has 0 saturated heterocycles. The summed E-state index contributed by atoms with van der Waals surface area (Å²) < 4.78 is 16.1. The van der Waals surface area contributed by atoms with Crippen LogP contribution in [0.4, 0.5) is 0 Å². The van der Waals surface area contributed by atoms with Gasteiger partial charge in [-0.05, 0) is 12.3 Å². The zero-order chi connectivity index (χ0) is 17.1. The number of nitrogens with one attached hydrogen (secondary N) is 1. The number of methoxy groups -OCH3 is 2. The molecule has 0 bridgehead atoms. The van der Waals surface area contributed by atoms with Gasteiger partial charge in [0.15, 0.2) is 5.96 Å². The van der Waals surface area contributed by atoms with E-state index in [4.69, 9.17) is 19.9 Å². The molecule has 0 aromatic heterocycles. The summed E-state index contributed by atoms with van der Waals surface area (Å²) in [5.74, 6) is 3.28. The Bertz CT molecular complexity index is 474. The van der Waals surface area contributed by atoms with Crippen LogP contribution in [0.15, 0.2) is 23.2 Å². The Hall–Kier alpha value is -1.38. The topological polar surface area (TPSA) is 78.1 Å². The molecule has 24 heavy (non-hydrogen) atoms. The average Bonchev–Trinajstić information content (AvgIpc) is 2.53. The van der Waals surface area contributed by atoms with Crippen LogP contribution in [0.3, 0.4) is 0 Å². The molecule has 1 aromatic rings. The molecule has 0 aliphatic heterocycles. The number of hydrogen-bond acceptors (Lipinski definition) is 4. The van der Waals surface area contributed by atoms with Gasteiger partial charge in [-0.15, -0.1) is 24.0 Å². The Labute approximate surface area is 162 Å².